The van der Waals surface area contributed by atoms with E-state index in [1.165, 1.54) is 5.57 Å². The minimum Gasteiger partial charge on any atom is -0.211 e. The van der Waals surface area contributed by atoms with Crippen molar-refractivity contribution in [1.29, 1.82) is 0 Å². The molecule has 2 atom stereocenters. The average molecular weight is 521 g/mol. The molecule has 0 heterocycles. The van der Waals surface area contributed by atoms with Crippen LogP contribution in [0.5, 0.6) is 0 Å². The molecular weight excluding hydrogens is 488 g/mol. The fourth-order valence-corrected chi connectivity index (χ4v) is 6.12. The van der Waals surface area contributed by atoms with Gasteiger partial charge >= 0.3 is 0 Å². The molecule has 0 aromatic heterocycles. The van der Waals surface area contributed by atoms with Crippen molar-refractivity contribution in [2.75, 3.05) is 6.54 Å². The summed E-state index contributed by atoms with van der Waals surface area (Å²) in [6.45, 7) is 2.56. The summed E-state index contributed by atoms with van der Waals surface area (Å²) in [4.78, 5) is 0.235. The number of aryl methyl sites for hydroxylation is 1. The summed E-state index contributed by atoms with van der Waals surface area (Å²) in [5, 5.41) is 0. The lowest BCUT2D eigenvalue weighted by Gasteiger charge is -2.34. The van der Waals surface area contributed by atoms with Gasteiger partial charge in [-0.25, -0.2) is 17.6 Å². The zero-order chi connectivity index (χ0) is 25.4. The lowest BCUT2D eigenvalue weighted by molar-refractivity contribution is 0.284. The number of halogens is 1. The molecule has 0 fully saturated rings. The van der Waals surface area contributed by atoms with Crippen LogP contribution in [0.15, 0.2) is 114 Å². The van der Waals surface area contributed by atoms with Crippen molar-refractivity contribution >= 4 is 21.8 Å². The molecule has 3 aromatic carbocycles. The summed E-state index contributed by atoms with van der Waals surface area (Å²) in [7, 11) is -3.80. The largest absolute Gasteiger partial charge is 0.241 e. The molecule has 0 unspecified atom stereocenters. The lowest BCUT2D eigenvalue weighted by Crippen LogP contribution is -2.38. The average Bonchev–Trinajstić information content (AvgIpc) is 2.90. The molecule has 3 aromatic rings. The summed E-state index contributed by atoms with van der Waals surface area (Å²) in [6, 6.07) is 25.5. The van der Waals surface area contributed by atoms with Crippen LogP contribution in [-0.2, 0) is 10.0 Å². The van der Waals surface area contributed by atoms with Gasteiger partial charge in [0.15, 0.2) is 0 Å². The Labute approximate surface area is 220 Å². The number of benzene rings is 3. The molecule has 0 spiro atoms. The minimum absolute atomic E-state index is 0.235. The van der Waals surface area contributed by atoms with Gasteiger partial charge in [0.1, 0.15) is 0 Å². The molecule has 36 heavy (non-hydrogen) atoms. The predicted molar refractivity (Wildman–Crippen MR) is 148 cm³/mol. The molecular formula is C30H33ClN2O2S. The number of rotatable bonds is 11. The number of allylic oxidation sites excluding steroid dienone is 4. The fraction of sp³-hybridized carbons (Fsp3) is 0.267. The Morgan fingerprint density at radius 3 is 2.14 bits per heavy atom. The smallest absolute Gasteiger partial charge is 0.211 e. The molecule has 0 amide bonds. The first kappa shape index (κ1) is 26.4. The van der Waals surface area contributed by atoms with E-state index in [0.29, 0.717) is 6.54 Å². The van der Waals surface area contributed by atoms with E-state index >= 15 is 0 Å². The molecule has 4 rings (SSSR count). The van der Waals surface area contributed by atoms with Crippen LogP contribution in [0.1, 0.15) is 54.5 Å². The van der Waals surface area contributed by atoms with Crippen molar-refractivity contribution in [1.82, 2.24) is 9.14 Å². The van der Waals surface area contributed by atoms with E-state index in [4.69, 9.17) is 11.8 Å². The van der Waals surface area contributed by atoms with Gasteiger partial charge in [-0.15, -0.1) is 0 Å². The first-order chi connectivity index (χ1) is 17.4. The summed E-state index contributed by atoms with van der Waals surface area (Å²) in [5.41, 5.74) is 4.24. The van der Waals surface area contributed by atoms with Crippen LogP contribution in [0.4, 0.5) is 0 Å². The van der Waals surface area contributed by atoms with Gasteiger partial charge in [-0.05, 0) is 67.6 Å². The highest BCUT2D eigenvalue weighted by Crippen LogP contribution is 2.37. The monoisotopic (exact) mass is 520 g/mol. The molecule has 0 radical (unpaired) electrons. The summed E-state index contributed by atoms with van der Waals surface area (Å²) < 4.78 is 31.8. The number of nitrogens with zero attached hydrogens (tertiary/aromatic N) is 1. The highest BCUT2D eigenvalue weighted by atomic mass is 35.5. The van der Waals surface area contributed by atoms with Gasteiger partial charge in [-0.3, -0.25) is 0 Å². The quantitative estimate of drug-likeness (QED) is 0.213. The fourth-order valence-electron chi connectivity index (χ4n) is 4.54. The van der Waals surface area contributed by atoms with E-state index in [0.717, 1.165) is 42.4 Å². The van der Waals surface area contributed by atoms with Crippen LogP contribution in [0.3, 0.4) is 0 Å². The van der Waals surface area contributed by atoms with Gasteiger partial charge in [0.2, 0.25) is 10.0 Å². The van der Waals surface area contributed by atoms with E-state index in [-0.39, 0.29) is 4.90 Å². The highest BCUT2D eigenvalue weighted by molar-refractivity contribution is 7.89. The Morgan fingerprint density at radius 1 is 0.889 bits per heavy atom. The molecule has 0 aliphatic heterocycles. The standard InChI is InChI=1S/C30H33ClN2O2S/c1-24-19-21-28(22-20-24)36(34,35)32-29(26-15-7-3-8-16-26)30(27-17-9-4-10-18-27)33(31)23-11-14-25-12-5-2-6-13-25/h2-5,7-10,13,15-22,29-30,32H,6,11-12,14,23H2,1H3/t29-,30-/m0/s1. The Hall–Kier alpha value is -2.70. The molecule has 1 aliphatic rings. The zero-order valence-electron chi connectivity index (χ0n) is 20.6. The molecule has 6 heteroatoms. The first-order valence-corrected chi connectivity index (χ1v) is 14.2. The molecule has 0 saturated carbocycles. The van der Waals surface area contributed by atoms with E-state index < -0.39 is 22.1 Å². The van der Waals surface area contributed by atoms with Gasteiger partial charge < -0.3 is 0 Å². The Kier molecular flexibility index (Phi) is 9.16. The van der Waals surface area contributed by atoms with E-state index in [9.17, 15) is 8.42 Å². The normalized spacial score (nSPS) is 15.5. The van der Waals surface area contributed by atoms with Crippen LogP contribution in [0, 0.1) is 6.92 Å². The second kappa shape index (κ2) is 12.5. The second-order valence-corrected chi connectivity index (χ2v) is 11.3. The number of sulfonamides is 1. The Morgan fingerprint density at radius 2 is 1.53 bits per heavy atom. The maximum absolute atomic E-state index is 13.5. The van der Waals surface area contributed by atoms with Crippen molar-refractivity contribution in [3.63, 3.8) is 0 Å². The summed E-state index contributed by atoms with van der Waals surface area (Å²) in [6.07, 6.45) is 10.5. The Balaban J connectivity index is 1.65. The zero-order valence-corrected chi connectivity index (χ0v) is 22.1. The van der Waals surface area contributed by atoms with Gasteiger partial charge in [-0.1, -0.05) is 102 Å². The van der Waals surface area contributed by atoms with Crippen LogP contribution in [0.25, 0.3) is 0 Å². The molecule has 188 valence electrons. The van der Waals surface area contributed by atoms with Crippen LogP contribution in [-0.4, -0.2) is 19.4 Å². The van der Waals surface area contributed by atoms with Crippen LogP contribution in [0.2, 0.25) is 0 Å². The van der Waals surface area contributed by atoms with E-state index in [2.05, 4.69) is 23.0 Å². The second-order valence-electron chi connectivity index (χ2n) is 9.18. The van der Waals surface area contributed by atoms with Crippen molar-refractivity contribution in [2.24, 2.45) is 0 Å². The third-order valence-electron chi connectivity index (χ3n) is 6.49. The lowest BCUT2D eigenvalue weighted by atomic mass is 9.93. The maximum atomic E-state index is 13.5. The highest BCUT2D eigenvalue weighted by Gasteiger charge is 2.33. The third-order valence-corrected chi connectivity index (χ3v) is 8.33. The van der Waals surface area contributed by atoms with Crippen molar-refractivity contribution < 1.29 is 8.42 Å². The molecule has 0 saturated heterocycles. The minimum atomic E-state index is -3.80. The van der Waals surface area contributed by atoms with Crippen LogP contribution < -0.4 is 4.72 Å². The first-order valence-electron chi connectivity index (χ1n) is 12.4. The van der Waals surface area contributed by atoms with E-state index in [1.54, 1.807) is 16.6 Å². The summed E-state index contributed by atoms with van der Waals surface area (Å²) in [5.74, 6) is 0. The molecule has 4 nitrogen and oxygen atoms in total. The van der Waals surface area contributed by atoms with Crippen molar-refractivity contribution in [3.8, 4) is 0 Å². The number of hydrogen-bond donors (Lipinski definition) is 1. The van der Waals surface area contributed by atoms with Gasteiger partial charge in [0, 0.05) is 6.54 Å². The predicted octanol–water partition coefficient (Wildman–Crippen LogP) is 7.27. The third kappa shape index (κ3) is 6.95. The number of nitrogens with one attached hydrogen (secondary N) is 1. The van der Waals surface area contributed by atoms with Crippen molar-refractivity contribution in [3.05, 3.63) is 125 Å². The molecule has 1 aliphatic carbocycles. The van der Waals surface area contributed by atoms with Crippen molar-refractivity contribution in [2.45, 2.75) is 49.6 Å². The van der Waals surface area contributed by atoms with Crippen LogP contribution >= 0.6 is 11.8 Å². The summed E-state index contributed by atoms with van der Waals surface area (Å²) >= 11 is 7.00. The molecule has 0 bridgehead atoms. The SMILES string of the molecule is Cc1ccc(S(=O)(=O)N[C@@H](c2ccccc2)[C@H](c2ccccc2)N(Cl)CCCC2=CCC=CC2)cc1. The topological polar surface area (TPSA) is 49.4 Å². The number of hydrogen-bond acceptors (Lipinski definition) is 3. The Bertz CT molecular complexity index is 1270. The van der Waals surface area contributed by atoms with E-state index in [1.807, 2.05) is 79.7 Å². The van der Waals surface area contributed by atoms with Gasteiger partial charge in [-0.2, -0.15) is 0 Å². The maximum Gasteiger partial charge on any atom is 0.241 e. The van der Waals surface area contributed by atoms with Gasteiger partial charge in [0.25, 0.3) is 0 Å². The van der Waals surface area contributed by atoms with Gasteiger partial charge in [0.05, 0.1) is 17.0 Å². The molecule has 1 N–H and O–H groups in total.